The van der Waals surface area contributed by atoms with E-state index in [1.54, 1.807) is 12.1 Å². The molecule has 0 radical (unpaired) electrons. The van der Waals surface area contributed by atoms with Gasteiger partial charge in [0.15, 0.2) is 0 Å². The van der Waals surface area contributed by atoms with Gasteiger partial charge >= 0.3 is 5.97 Å². The van der Waals surface area contributed by atoms with Crippen molar-refractivity contribution in [1.29, 1.82) is 0 Å². The van der Waals surface area contributed by atoms with Crippen molar-refractivity contribution in [2.45, 2.75) is 32.7 Å². The smallest absolute Gasteiger partial charge is 0.335 e. The lowest BCUT2D eigenvalue weighted by atomic mass is 10.1. The van der Waals surface area contributed by atoms with Crippen LogP contribution in [-0.4, -0.2) is 23.7 Å². The Balaban J connectivity index is 2.15. The van der Waals surface area contributed by atoms with Gasteiger partial charge in [0.25, 0.3) is 0 Å². The highest BCUT2D eigenvalue weighted by Crippen LogP contribution is 2.32. The average molecular weight is 233 g/mol. The molecule has 0 spiro atoms. The number of anilines is 1. The minimum atomic E-state index is -0.863. The van der Waals surface area contributed by atoms with Gasteiger partial charge in [-0.3, -0.25) is 0 Å². The Labute approximate surface area is 102 Å². The molecule has 3 heteroatoms. The van der Waals surface area contributed by atoms with Crippen LogP contribution >= 0.6 is 0 Å². The van der Waals surface area contributed by atoms with E-state index in [0.29, 0.717) is 17.5 Å². The number of carboxylic acid groups (broad SMARTS) is 1. The predicted molar refractivity (Wildman–Crippen MR) is 68.6 cm³/mol. The molecule has 1 saturated carbocycles. The van der Waals surface area contributed by atoms with Crippen LogP contribution in [0.15, 0.2) is 24.3 Å². The Morgan fingerprint density at radius 1 is 1.35 bits per heavy atom. The van der Waals surface area contributed by atoms with Crippen LogP contribution in [0, 0.1) is 5.92 Å². The molecule has 2 rings (SSSR count). The molecular weight excluding hydrogens is 214 g/mol. The molecule has 1 aliphatic rings. The van der Waals surface area contributed by atoms with Crippen molar-refractivity contribution >= 4 is 11.7 Å². The van der Waals surface area contributed by atoms with Gasteiger partial charge in [-0.05, 0) is 43.0 Å². The molecule has 1 N–H and O–H groups in total. The summed E-state index contributed by atoms with van der Waals surface area (Å²) in [6.45, 7) is 5.46. The molecule has 1 aliphatic carbocycles. The third kappa shape index (κ3) is 2.99. The summed E-state index contributed by atoms with van der Waals surface area (Å²) in [7, 11) is 0. The highest BCUT2D eigenvalue weighted by molar-refractivity contribution is 5.88. The molecular formula is C14H19NO2. The maximum atomic E-state index is 10.8. The zero-order chi connectivity index (χ0) is 12.4. The Bertz CT molecular complexity index is 393. The molecule has 1 fully saturated rings. The van der Waals surface area contributed by atoms with Crippen LogP contribution in [0.4, 0.5) is 5.69 Å². The molecule has 0 aliphatic heterocycles. The molecule has 0 heterocycles. The van der Waals surface area contributed by atoms with Crippen molar-refractivity contribution in [3.8, 4) is 0 Å². The number of nitrogens with zero attached hydrogens (tertiary/aromatic N) is 1. The van der Waals surface area contributed by atoms with Crippen LogP contribution in [0.3, 0.4) is 0 Å². The fourth-order valence-electron chi connectivity index (χ4n) is 2.04. The van der Waals surface area contributed by atoms with Crippen molar-refractivity contribution in [3.63, 3.8) is 0 Å². The van der Waals surface area contributed by atoms with Crippen molar-refractivity contribution in [1.82, 2.24) is 0 Å². The summed E-state index contributed by atoms with van der Waals surface area (Å²) in [4.78, 5) is 13.2. The highest BCUT2D eigenvalue weighted by Gasteiger charge is 2.29. The molecule has 0 unspecified atom stereocenters. The number of carbonyl (C=O) groups is 1. The lowest BCUT2D eigenvalue weighted by Crippen LogP contribution is -2.29. The van der Waals surface area contributed by atoms with Crippen molar-refractivity contribution in [3.05, 3.63) is 29.8 Å². The van der Waals surface area contributed by atoms with E-state index in [0.717, 1.165) is 12.2 Å². The van der Waals surface area contributed by atoms with Crippen LogP contribution in [0.25, 0.3) is 0 Å². The van der Waals surface area contributed by atoms with E-state index in [1.165, 1.54) is 12.8 Å². The van der Waals surface area contributed by atoms with Crippen LogP contribution in [0.1, 0.15) is 37.0 Å². The molecule has 0 saturated heterocycles. The second kappa shape index (κ2) is 4.78. The number of hydrogen-bond acceptors (Lipinski definition) is 2. The lowest BCUT2D eigenvalue weighted by molar-refractivity contribution is 0.0697. The summed E-state index contributed by atoms with van der Waals surface area (Å²) in [5.74, 6) is -0.242. The number of hydrogen-bond donors (Lipinski definition) is 1. The number of benzene rings is 1. The van der Waals surface area contributed by atoms with Crippen LogP contribution in [-0.2, 0) is 0 Å². The van der Waals surface area contributed by atoms with Gasteiger partial charge in [0.1, 0.15) is 0 Å². The lowest BCUT2D eigenvalue weighted by Gasteiger charge is -2.26. The van der Waals surface area contributed by atoms with E-state index in [4.69, 9.17) is 5.11 Å². The Kier molecular flexibility index (Phi) is 3.36. The maximum Gasteiger partial charge on any atom is 0.335 e. The first-order chi connectivity index (χ1) is 8.08. The molecule has 1 aromatic carbocycles. The summed E-state index contributed by atoms with van der Waals surface area (Å²) in [6, 6.07) is 7.88. The van der Waals surface area contributed by atoms with E-state index >= 15 is 0 Å². The Hall–Kier alpha value is -1.51. The molecule has 0 amide bonds. The summed E-state index contributed by atoms with van der Waals surface area (Å²) < 4.78 is 0. The van der Waals surface area contributed by atoms with E-state index in [2.05, 4.69) is 18.7 Å². The van der Waals surface area contributed by atoms with Gasteiger partial charge in [-0.25, -0.2) is 4.79 Å². The first-order valence-corrected chi connectivity index (χ1v) is 6.18. The molecule has 17 heavy (non-hydrogen) atoms. The van der Waals surface area contributed by atoms with Gasteiger partial charge in [-0.1, -0.05) is 13.8 Å². The number of carboxylic acids is 1. The zero-order valence-corrected chi connectivity index (χ0v) is 10.4. The van der Waals surface area contributed by atoms with E-state index in [9.17, 15) is 4.79 Å². The molecule has 0 aromatic heterocycles. The third-order valence-corrected chi connectivity index (χ3v) is 3.00. The monoisotopic (exact) mass is 233 g/mol. The quantitative estimate of drug-likeness (QED) is 0.849. The fraction of sp³-hybridized carbons (Fsp3) is 0.500. The number of aromatic carboxylic acids is 1. The molecule has 0 bridgehead atoms. The average Bonchev–Trinajstić information content (AvgIpc) is 3.09. The van der Waals surface area contributed by atoms with E-state index in [-0.39, 0.29) is 0 Å². The first kappa shape index (κ1) is 12.0. The minimum absolute atomic E-state index is 0.356. The third-order valence-electron chi connectivity index (χ3n) is 3.00. The van der Waals surface area contributed by atoms with Gasteiger partial charge in [0.05, 0.1) is 5.56 Å². The zero-order valence-electron chi connectivity index (χ0n) is 10.4. The minimum Gasteiger partial charge on any atom is -0.478 e. The second-order valence-electron chi connectivity index (χ2n) is 5.13. The van der Waals surface area contributed by atoms with Crippen molar-refractivity contribution in [2.24, 2.45) is 5.92 Å². The van der Waals surface area contributed by atoms with E-state index in [1.807, 2.05) is 12.1 Å². The number of rotatable bonds is 5. The fourth-order valence-corrected chi connectivity index (χ4v) is 2.04. The van der Waals surface area contributed by atoms with Crippen LogP contribution in [0.5, 0.6) is 0 Å². The van der Waals surface area contributed by atoms with Crippen molar-refractivity contribution < 1.29 is 9.90 Å². The van der Waals surface area contributed by atoms with Gasteiger partial charge in [-0.15, -0.1) is 0 Å². The predicted octanol–water partition coefficient (Wildman–Crippen LogP) is 3.01. The standard InChI is InChI=1S/C14H19NO2/c1-10(2)9-15(13-7-8-13)12-5-3-11(4-6-12)14(16)17/h3-6,10,13H,7-9H2,1-2H3,(H,16,17). The van der Waals surface area contributed by atoms with Gasteiger partial charge in [0.2, 0.25) is 0 Å². The SMILES string of the molecule is CC(C)CN(c1ccc(C(=O)O)cc1)C1CC1. The van der Waals surface area contributed by atoms with Crippen LogP contribution in [0.2, 0.25) is 0 Å². The molecule has 0 atom stereocenters. The summed E-state index contributed by atoms with van der Waals surface area (Å²) in [5, 5.41) is 8.87. The largest absolute Gasteiger partial charge is 0.478 e. The Morgan fingerprint density at radius 3 is 2.35 bits per heavy atom. The van der Waals surface area contributed by atoms with E-state index < -0.39 is 5.97 Å². The topological polar surface area (TPSA) is 40.5 Å². The first-order valence-electron chi connectivity index (χ1n) is 6.18. The summed E-state index contributed by atoms with van der Waals surface area (Å²) in [5.41, 5.74) is 1.50. The molecule has 3 nitrogen and oxygen atoms in total. The highest BCUT2D eigenvalue weighted by atomic mass is 16.4. The van der Waals surface area contributed by atoms with Crippen LogP contribution < -0.4 is 4.90 Å². The van der Waals surface area contributed by atoms with Gasteiger partial charge in [0, 0.05) is 18.3 Å². The summed E-state index contributed by atoms with van der Waals surface area (Å²) >= 11 is 0. The molecule has 1 aromatic rings. The maximum absolute atomic E-state index is 10.8. The van der Waals surface area contributed by atoms with Crippen molar-refractivity contribution in [2.75, 3.05) is 11.4 Å². The second-order valence-corrected chi connectivity index (χ2v) is 5.13. The van der Waals surface area contributed by atoms with Gasteiger partial charge < -0.3 is 10.0 Å². The van der Waals surface area contributed by atoms with Gasteiger partial charge in [-0.2, -0.15) is 0 Å². The summed E-state index contributed by atoms with van der Waals surface area (Å²) in [6.07, 6.45) is 2.51. The molecule has 92 valence electrons. The Morgan fingerprint density at radius 2 is 1.94 bits per heavy atom. The normalized spacial score (nSPS) is 15.0.